The zero-order valence-corrected chi connectivity index (χ0v) is 17.0. The third-order valence-corrected chi connectivity index (χ3v) is 4.78. The number of ether oxygens (including phenoxy) is 2. The van der Waals surface area contributed by atoms with Gasteiger partial charge in [-0.1, -0.05) is 54.6 Å². The molecular weight excluding hydrogens is 368 g/mol. The van der Waals surface area contributed by atoms with Gasteiger partial charge in [0.25, 0.3) is 0 Å². The van der Waals surface area contributed by atoms with Gasteiger partial charge in [-0.25, -0.2) is 0 Å². The van der Waals surface area contributed by atoms with Gasteiger partial charge in [-0.05, 0) is 48.0 Å². The van der Waals surface area contributed by atoms with E-state index in [1.807, 2.05) is 48.5 Å². The van der Waals surface area contributed by atoms with Crippen LogP contribution in [-0.2, 0) is 0 Å². The van der Waals surface area contributed by atoms with Gasteiger partial charge in [0, 0.05) is 6.07 Å². The molecule has 28 heavy (non-hydrogen) atoms. The van der Waals surface area contributed by atoms with Gasteiger partial charge in [0.2, 0.25) is 0 Å². The normalized spacial score (nSPS) is 11.4. The molecule has 0 aliphatic carbocycles. The van der Waals surface area contributed by atoms with Crippen molar-refractivity contribution in [3.8, 4) is 11.5 Å². The van der Waals surface area contributed by atoms with E-state index in [-0.39, 0.29) is 6.04 Å². The van der Waals surface area contributed by atoms with E-state index in [0.717, 1.165) is 17.0 Å². The molecule has 0 aromatic heterocycles. The summed E-state index contributed by atoms with van der Waals surface area (Å²) in [6.45, 7) is 2.11. The monoisotopic (exact) mass is 392 g/mol. The zero-order valence-electron chi connectivity index (χ0n) is 16.2. The van der Waals surface area contributed by atoms with E-state index in [4.69, 9.17) is 21.7 Å². The Morgan fingerprint density at radius 3 is 2.29 bits per heavy atom. The fraction of sp³-hybridized carbons (Fsp3) is 0.174. The predicted molar refractivity (Wildman–Crippen MR) is 118 cm³/mol. The number of anilines is 1. The molecule has 0 unspecified atom stereocenters. The summed E-state index contributed by atoms with van der Waals surface area (Å²) < 4.78 is 10.7. The van der Waals surface area contributed by atoms with Gasteiger partial charge in [-0.2, -0.15) is 0 Å². The van der Waals surface area contributed by atoms with Crippen LogP contribution in [0.1, 0.15) is 22.7 Å². The highest BCUT2D eigenvalue weighted by Gasteiger charge is 2.17. The predicted octanol–water partition coefficient (Wildman–Crippen LogP) is 5.09. The summed E-state index contributed by atoms with van der Waals surface area (Å²) in [4.78, 5) is 0. The number of rotatable bonds is 6. The first-order chi connectivity index (χ1) is 13.6. The molecule has 2 N–H and O–H groups in total. The van der Waals surface area contributed by atoms with Crippen molar-refractivity contribution in [1.29, 1.82) is 0 Å². The molecule has 0 heterocycles. The SMILES string of the molecule is COc1ccc(NC(=S)N[C@H](c2ccccc2)c2ccccc2C)c(OC)c1. The van der Waals surface area contributed by atoms with Crippen LogP contribution in [0.15, 0.2) is 72.8 Å². The molecule has 0 bridgehead atoms. The third kappa shape index (κ3) is 4.61. The van der Waals surface area contributed by atoms with E-state index < -0.39 is 0 Å². The highest BCUT2D eigenvalue weighted by molar-refractivity contribution is 7.80. The van der Waals surface area contributed by atoms with Crippen LogP contribution in [0.25, 0.3) is 0 Å². The topological polar surface area (TPSA) is 42.5 Å². The van der Waals surface area contributed by atoms with Crippen LogP contribution in [0, 0.1) is 6.92 Å². The van der Waals surface area contributed by atoms with Gasteiger partial charge in [0.1, 0.15) is 11.5 Å². The van der Waals surface area contributed by atoms with E-state index in [9.17, 15) is 0 Å². The second-order valence-electron chi connectivity index (χ2n) is 6.36. The average molecular weight is 393 g/mol. The highest BCUT2D eigenvalue weighted by Crippen LogP contribution is 2.30. The average Bonchev–Trinajstić information content (AvgIpc) is 2.73. The Balaban J connectivity index is 1.86. The van der Waals surface area contributed by atoms with Gasteiger partial charge in [0.05, 0.1) is 25.9 Å². The van der Waals surface area contributed by atoms with Crippen molar-refractivity contribution in [1.82, 2.24) is 5.32 Å². The summed E-state index contributed by atoms with van der Waals surface area (Å²) >= 11 is 5.62. The summed E-state index contributed by atoms with van der Waals surface area (Å²) in [5.41, 5.74) is 4.30. The number of benzene rings is 3. The molecule has 5 heteroatoms. The standard InChI is InChI=1S/C23H24N2O2S/c1-16-9-7-8-12-19(16)22(17-10-5-4-6-11-17)25-23(28)24-20-14-13-18(26-2)15-21(20)27-3/h4-15,22H,1-3H3,(H2,24,25,28)/t22-/m1/s1. The van der Waals surface area contributed by atoms with Gasteiger partial charge in [-0.15, -0.1) is 0 Å². The van der Waals surface area contributed by atoms with Crippen molar-refractivity contribution in [2.45, 2.75) is 13.0 Å². The second-order valence-corrected chi connectivity index (χ2v) is 6.77. The number of thiocarbonyl (C=S) groups is 1. The van der Waals surface area contributed by atoms with E-state index in [1.54, 1.807) is 14.2 Å². The molecule has 0 saturated heterocycles. The first kappa shape index (κ1) is 19.7. The molecule has 0 aliphatic heterocycles. The lowest BCUT2D eigenvalue weighted by Gasteiger charge is -2.24. The van der Waals surface area contributed by atoms with Crippen molar-refractivity contribution in [2.75, 3.05) is 19.5 Å². The van der Waals surface area contributed by atoms with Gasteiger partial charge in [0.15, 0.2) is 5.11 Å². The summed E-state index contributed by atoms with van der Waals surface area (Å²) in [6, 6.07) is 24.1. The van der Waals surface area contributed by atoms with Crippen LogP contribution in [0.5, 0.6) is 11.5 Å². The first-order valence-corrected chi connectivity index (χ1v) is 9.43. The van der Waals surface area contributed by atoms with Crippen LogP contribution >= 0.6 is 12.2 Å². The van der Waals surface area contributed by atoms with Gasteiger partial charge >= 0.3 is 0 Å². The van der Waals surface area contributed by atoms with Crippen molar-refractivity contribution < 1.29 is 9.47 Å². The lowest BCUT2D eigenvalue weighted by atomic mass is 9.95. The molecule has 144 valence electrons. The summed E-state index contributed by atoms with van der Waals surface area (Å²) in [5, 5.41) is 7.21. The van der Waals surface area contributed by atoms with Gasteiger partial charge in [-0.3, -0.25) is 0 Å². The Morgan fingerprint density at radius 1 is 0.893 bits per heavy atom. The minimum atomic E-state index is -0.0633. The van der Waals surface area contributed by atoms with Crippen LogP contribution in [0.2, 0.25) is 0 Å². The lowest BCUT2D eigenvalue weighted by Crippen LogP contribution is -2.33. The van der Waals surface area contributed by atoms with E-state index in [0.29, 0.717) is 10.9 Å². The molecule has 3 aromatic carbocycles. The second kappa shape index (κ2) is 9.24. The largest absolute Gasteiger partial charge is 0.497 e. The third-order valence-electron chi connectivity index (χ3n) is 4.56. The lowest BCUT2D eigenvalue weighted by molar-refractivity contribution is 0.395. The summed E-state index contributed by atoms with van der Waals surface area (Å²) in [6.07, 6.45) is 0. The number of hydrogen-bond acceptors (Lipinski definition) is 3. The van der Waals surface area contributed by atoms with E-state index in [1.165, 1.54) is 11.1 Å². The fourth-order valence-electron chi connectivity index (χ4n) is 3.09. The van der Waals surface area contributed by atoms with Crippen molar-refractivity contribution in [3.05, 3.63) is 89.5 Å². The van der Waals surface area contributed by atoms with Gasteiger partial charge < -0.3 is 20.1 Å². The summed E-state index contributed by atoms with van der Waals surface area (Å²) in [5.74, 6) is 1.39. The molecule has 0 fully saturated rings. The Morgan fingerprint density at radius 2 is 1.61 bits per heavy atom. The summed E-state index contributed by atoms with van der Waals surface area (Å²) in [7, 11) is 3.25. The number of nitrogens with one attached hydrogen (secondary N) is 2. The molecule has 0 aliphatic rings. The quantitative estimate of drug-likeness (QED) is 0.572. The molecule has 3 rings (SSSR count). The maximum Gasteiger partial charge on any atom is 0.171 e. The molecule has 0 radical (unpaired) electrons. The molecule has 0 amide bonds. The Hall–Kier alpha value is -3.05. The number of aryl methyl sites for hydroxylation is 1. The van der Waals surface area contributed by atoms with Crippen LogP contribution in [0.3, 0.4) is 0 Å². The van der Waals surface area contributed by atoms with Crippen molar-refractivity contribution >= 4 is 23.0 Å². The molecule has 0 saturated carbocycles. The molecule has 3 aromatic rings. The fourth-order valence-corrected chi connectivity index (χ4v) is 3.32. The zero-order chi connectivity index (χ0) is 19.9. The highest BCUT2D eigenvalue weighted by atomic mass is 32.1. The van der Waals surface area contributed by atoms with Crippen molar-refractivity contribution in [3.63, 3.8) is 0 Å². The molecular formula is C23H24N2O2S. The van der Waals surface area contributed by atoms with E-state index >= 15 is 0 Å². The van der Waals surface area contributed by atoms with E-state index in [2.05, 4.69) is 41.8 Å². The smallest absolute Gasteiger partial charge is 0.171 e. The van der Waals surface area contributed by atoms with Crippen molar-refractivity contribution in [2.24, 2.45) is 0 Å². The molecule has 1 atom stereocenters. The van der Waals surface area contributed by atoms with Crippen LogP contribution in [-0.4, -0.2) is 19.3 Å². The maximum atomic E-state index is 5.62. The Kier molecular flexibility index (Phi) is 6.50. The molecule has 0 spiro atoms. The minimum absolute atomic E-state index is 0.0633. The molecule has 4 nitrogen and oxygen atoms in total. The number of hydrogen-bond donors (Lipinski definition) is 2. The minimum Gasteiger partial charge on any atom is -0.497 e. The van der Waals surface area contributed by atoms with Crippen LogP contribution < -0.4 is 20.1 Å². The first-order valence-electron chi connectivity index (χ1n) is 9.02. The Labute approximate surface area is 171 Å². The maximum absolute atomic E-state index is 5.62. The van der Waals surface area contributed by atoms with Crippen LogP contribution in [0.4, 0.5) is 5.69 Å². The Bertz CT molecular complexity index is 944. The number of methoxy groups -OCH3 is 2.